The standard InChI is InChI=1S/C27H33N3O3S/c1-27(2,3)33-26(32)28-19-13-5-4-12-18-22(31)29-25-30-23(20-14-8-6-9-15-20)24(34-25)21-16-10-7-11-17-21/h6-11,14-17H,4-5,12-13,18-19H2,1-3H3,(H,28,32)(H,29,30,31). The fourth-order valence-electron chi connectivity index (χ4n) is 3.40. The highest BCUT2D eigenvalue weighted by Crippen LogP contribution is 2.38. The number of nitrogens with one attached hydrogen (secondary N) is 2. The zero-order valence-corrected chi connectivity index (χ0v) is 20.9. The van der Waals surface area contributed by atoms with E-state index < -0.39 is 5.60 Å². The summed E-state index contributed by atoms with van der Waals surface area (Å²) in [5, 5.41) is 6.35. The Hall–Kier alpha value is -3.19. The molecule has 0 fully saturated rings. The summed E-state index contributed by atoms with van der Waals surface area (Å²) in [7, 11) is 0. The molecule has 6 nitrogen and oxygen atoms in total. The average molecular weight is 480 g/mol. The molecule has 0 unspecified atom stereocenters. The summed E-state index contributed by atoms with van der Waals surface area (Å²) < 4.78 is 5.21. The molecule has 3 rings (SSSR count). The Balaban J connectivity index is 1.46. The first-order valence-electron chi connectivity index (χ1n) is 11.7. The van der Waals surface area contributed by atoms with E-state index in [9.17, 15) is 9.59 Å². The van der Waals surface area contributed by atoms with Gasteiger partial charge in [-0.3, -0.25) is 4.79 Å². The average Bonchev–Trinajstić information content (AvgIpc) is 3.22. The van der Waals surface area contributed by atoms with Gasteiger partial charge < -0.3 is 15.4 Å². The van der Waals surface area contributed by atoms with Crippen LogP contribution in [0.15, 0.2) is 60.7 Å². The highest BCUT2D eigenvalue weighted by atomic mass is 32.1. The summed E-state index contributed by atoms with van der Waals surface area (Å²) in [6.07, 6.45) is 3.57. The minimum absolute atomic E-state index is 0.0279. The van der Waals surface area contributed by atoms with Crippen molar-refractivity contribution in [3.8, 4) is 21.7 Å². The number of rotatable bonds is 10. The zero-order valence-electron chi connectivity index (χ0n) is 20.1. The van der Waals surface area contributed by atoms with E-state index in [1.54, 1.807) is 0 Å². The minimum atomic E-state index is -0.488. The molecule has 180 valence electrons. The van der Waals surface area contributed by atoms with Crippen LogP contribution in [-0.4, -0.2) is 29.1 Å². The van der Waals surface area contributed by atoms with Crippen molar-refractivity contribution < 1.29 is 14.3 Å². The van der Waals surface area contributed by atoms with E-state index in [0.717, 1.165) is 47.4 Å². The molecule has 1 aromatic heterocycles. The van der Waals surface area contributed by atoms with Crippen molar-refractivity contribution in [1.29, 1.82) is 0 Å². The summed E-state index contributed by atoms with van der Waals surface area (Å²) in [6, 6.07) is 20.1. The van der Waals surface area contributed by atoms with Gasteiger partial charge >= 0.3 is 6.09 Å². The van der Waals surface area contributed by atoms with Gasteiger partial charge in [-0.25, -0.2) is 9.78 Å². The van der Waals surface area contributed by atoms with Crippen LogP contribution in [0.5, 0.6) is 0 Å². The van der Waals surface area contributed by atoms with E-state index in [0.29, 0.717) is 18.1 Å². The predicted octanol–water partition coefficient (Wildman–Crippen LogP) is 6.89. The van der Waals surface area contributed by atoms with Gasteiger partial charge in [-0.15, -0.1) is 0 Å². The van der Waals surface area contributed by atoms with Gasteiger partial charge in [0.2, 0.25) is 5.91 Å². The van der Waals surface area contributed by atoms with Gasteiger partial charge in [-0.05, 0) is 39.2 Å². The number of carbonyl (C=O) groups excluding carboxylic acids is 2. The maximum Gasteiger partial charge on any atom is 0.407 e. The SMILES string of the molecule is CC(C)(C)OC(=O)NCCCCCCC(=O)Nc1nc(-c2ccccc2)c(-c2ccccc2)s1. The molecule has 0 atom stereocenters. The molecule has 0 aliphatic carbocycles. The number of anilines is 1. The van der Waals surface area contributed by atoms with Gasteiger partial charge in [0.25, 0.3) is 0 Å². The molecular formula is C27H33N3O3S. The van der Waals surface area contributed by atoms with Crippen molar-refractivity contribution in [2.45, 2.75) is 58.5 Å². The van der Waals surface area contributed by atoms with Gasteiger partial charge in [-0.1, -0.05) is 84.8 Å². The quantitative estimate of drug-likeness (QED) is 0.310. The minimum Gasteiger partial charge on any atom is -0.444 e. The monoisotopic (exact) mass is 479 g/mol. The smallest absolute Gasteiger partial charge is 0.407 e. The number of amides is 2. The molecule has 3 aromatic rings. The molecule has 34 heavy (non-hydrogen) atoms. The van der Waals surface area contributed by atoms with Gasteiger partial charge in [0.1, 0.15) is 5.60 Å². The lowest BCUT2D eigenvalue weighted by Gasteiger charge is -2.19. The van der Waals surface area contributed by atoms with Crippen molar-refractivity contribution in [2.24, 2.45) is 0 Å². The van der Waals surface area contributed by atoms with Gasteiger partial charge in [-0.2, -0.15) is 0 Å². The van der Waals surface area contributed by atoms with Crippen LogP contribution < -0.4 is 10.6 Å². The van der Waals surface area contributed by atoms with Crippen LogP contribution >= 0.6 is 11.3 Å². The highest BCUT2D eigenvalue weighted by molar-refractivity contribution is 7.19. The molecule has 0 saturated carbocycles. The number of thiazole rings is 1. The van der Waals surface area contributed by atoms with Crippen LogP contribution in [0, 0.1) is 0 Å². The van der Waals surface area contributed by atoms with Crippen LogP contribution in [0.2, 0.25) is 0 Å². The fraction of sp³-hybridized carbons (Fsp3) is 0.370. The van der Waals surface area contributed by atoms with Gasteiger partial charge in [0.15, 0.2) is 5.13 Å². The Morgan fingerprint density at radius 2 is 1.50 bits per heavy atom. The normalized spacial score (nSPS) is 11.1. The predicted molar refractivity (Wildman–Crippen MR) is 139 cm³/mol. The second-order valence-corrected chi connectivity index (χ2v) is 10.1. The lowest BCUT2D eigenvalue weighted by atomic mass is 10.1. The first kappa shape index (κ1) is 25.4. The number of unbranched alkanes of at least 4 members (excludes halogenated alkanes) is 3. The first-order chi connectivity index (χ1) is 16.3. The largest absolute Gasteiger partial charge is 0.444 e. The van der Waals surface area contributed by atoms with Gasteiger partial charge in [0.05, 0.1) is 10.6 Å². The summed E-state index contributed by atoms with van der Waals surface area (Å²) in [5.41, 5.74) is 2.50. The summed E-state index contributed by atoms with van der Waals surface area (Å²) >= 11 is 1.50. The van der Waals surface area contributed by atoms with Crippen LogP contribution in [-0.2, 0) is 9.53 Å². The third-order valence-electron chi connectivity index (χ3n) is 4.96. The van der Waals surface area contributed by atoms with E-state index in [4.69, 9.17) is 9.72 Å². The first-order valence-corrected chi connectivity index (χ1v) is 12.5. The number of carbonyl (C=O) groups is 2. The second kappa shape index (κ2) is 12.3. The maximum absolute atomic E-state index is 12.5. The number of nitrogens with zero attached hydrogens (tertiary/aromatic N) is 1. The molecule has 1 heterocycles. The van der Waals surface area contributed by atoms with Crippen molar-refractivity contribution >= 4 is 28.5 Å². The third kappa shape index (κ3) is 8.30. The van der Waals surface area contributed by atoms with Crippen LogP contribution in [0.1, 0.15) is 52.9 Å². The van der Waals surface area contributed by atoms with Crippen molar-refractivity contribution in [1.82, 2.24) is 10.3 Å². The number of aromatic nitrogens is 1. The van der Waals surface area contributed by atoms with E-state index in [2.05, 4.69) is 22.8 Å². The van der Waals surface area contributed by atoms with Gasteiger partial charge in [0, 0.05) is 18.5 Å². The highest BCUT2D eigenvalue weighted by Gasteiger charge is 2.17. The molecular weight excluding hydrogens is 446 g/mol. The Labute approximate surface area is 205 Å². The van der Waals surface area contributed by atoms with Crippen molar-refractivity contribution in [3.05, 3.63) is 60.7 Å². The molecule has 0 radical (unpaired) electrons. The molecule has 0 saturated heterocycles. The number of hydrogen-bond acceptors (Lipinski definition) is 5. The van der Waals surface area contributed by atoms with Crippen LogP contribution in [0.3, 0.4) is 0 Å². The summed E-state index contributed by atoms with van der Waals surface area (Å²) in [4.78, 5) is 29.9. The Kier molecular flexibility index (Phi) is 9.22. The topological polar surface area (TPSA) is 80.3 Å². The Bertz CT molecular complexity index is 1000. The van der Waals surface area contributed by atoms with Crippen LogP contribution in [0.25, 0.3) is 21.7 Å². The maximum atomic E-state index is 12.5. The van der Waals surface area contributed by atoms with E-state index in [-0.39, 0.29) is 12.0 Å². The number of benzene rings is 2. The van der Waals surface area contributed by atoms with Crippen molar-refractivity contribution in [2.75, 3.05) is 11.9 Å². The Morgan fingerprint density at radius 3 is 2.15 bits per heavy atom. The zero-order chi connectivity index (χ0) is 24.4. The van der Waals surface area contributed by atoms with E-state index >= 15 is 0 Å². The molecule has 0 spiro atoms. The molecule has 0 bridgehead atoms. The van der Waals surface area contributed by atoms with Crippen molar-refractivity contribution in [3.63, 3.8) is 0 Å². The molecule has 0 aliphatic heterocycles. The molecule has 2 N–H and O–H groups in total. The third-order valence-corrected chi connectivity index (χ3v) is 5.98. The fourth-order valence-corrected chi connectivity index (χ4v) is 4.41. The molecule has 2 amide bonds. The van der Waals surface area contributed by atoms with E-state index in [1.807, 2.05) is 69.3 Å². The summed E-state index contributed by atoms with van der Waals surface area (Å²) in [6.45, 7) is 6.10. The summed E-state index contributed by atoms with van der Waals surface area (Å²) in [5.74, 6) is -0.0279. The number of ether oxygens (including phenoxy) is 1. The van der Waals surface area contributed by atoms with E-state index in [1.165, 1.54) is 11.3 Å². The molecule has 2 aromatic carbocycles. The second-order valence-electron chi connectivity index (χ2n) is 9.07. The number of hydrogen-bond donors (Lipinski definition) is 2. The molecule has 7 heteroatoms. The Morgan fingerprint density at radius 1 is 0.882 bits per heavy atom. The number of alkyl carbamates (subject to hydrolysis) is 1. The lowest BCUT2D eigenvalue weighted by molar-refractivity contribution is -0.116. The lowest BCUT2D eigenvalue weighted by Crippen LogP contribution is -2.32. The molecule has 0 aliphatic rings. The van der Waals surface area contributed by atoms with Crippen LogP contribution in [0.4, 0.5) is 9.93 Å².